The molecule has 0 heterocycles. The maximum absolute atomic E-state index is 6.04. The number of halogens is 1. The molecule has 1 atom stereocenters. The fraction of sp³-hybridized carbons (Fsp3) is 0.368. The number of hydrogen-bond acceptors (Lipinski definition) is 3. The van der Waals surface area contributed by atoms with E-state index in [1.165, 1.54) is 0 Å². The largest absolute Gasteiger partial charge is 0.493 e. The van der Waals surface area contributed by atoms with Crippen LogP contribution >= 0.6 is 11.6 Å². The fourth-order valence-corrected chi connectivity index (χ4v) is 2.32. The minimum Gasteiger partial charge on any atom is -0.493 e. The van der Waals surface area contributed by atoms with Crippen LogP contribution in [0.15, 0.2) is 42.5 Å². The molecule has 4 heteroatoms. The van der Waals surface area contributed by atoms with E-state index in [0.29, 0.717) is 12.6 Å². The Morgan fingerprint density at radius 3 is 2.52 bits per heavy atom. The third-order valence-corrected chi connectivity index (χ3v) is 4.08. The zero-order valence-corrected chi connectivity index (χ0v) is 14.7. The molecule has 0 radical (unpaired) electrons. The number of nitrogens with one attached hydrogen (secondary N) is 1. The second kappa shape index (κ2) is 8.80. The Bertz CT molecular complexity index is 613. The van der Waals surface area contributed by atoms with Crippen molar-refractivity contribution in [1.82, 2.24) is 5.32 Å². The van der Waals surface area contributed by atoms with Gasteiger partial charge in [0.15, 0.2) is 11.5 Å². The smallest absolute Gasteiger partial charge is 0.166 e. The molecule has 124 valence electrons. The SMILES string of the molecule is CC[C@H](C)NCc1cccc(OC)c1OCc1ccc(Cl)cc1. The molecule has 1 N–H and O–H groups in total. The molecule has 2 aromatic rings. The van der Waals surface area contributed by atoms with Gasteiger partial charge in [0, 0.05) is 23.2 Å². The van der Waals surface area contributed by atoms with Gasteiger partial charge in [0.05, 0.1) is 7.11 Å². The molecule has 0 saturated heterocycles. The van der Waals surface area contributed by atoms with E-state index < -0.39 is 0 Å². The third kappa shape index (κ3) is 5.15. The van der Waals surface area contributed by atoms with Gasteiger partial charge in [-0.1, -0.05) is 42.8 Å². The van der Waals surface area contributed by atoms with Crippen molar-refractivity contribution in [2.24, 2.45) is 0 Å². The molecule has 23 heavy (non-hydrogen) atoms. The van der Waals surface area contributed by atoms with Gasteiger partial charge in [-0.2, -0.15) is 0 Å². The average Bonchev–Trinajstić information content (AvgIpc) is 2.59. The van der Waals surface area contributed by atoms with Gasteiger partial charge in [0.2, 0.25) is 0 Å². The molecule has 0 aliphatic carbocycles. The van der Waals surface area contributed by atoms with Gasteiger partial charge in [-0.05, 0) is 37.1 Å². The molecule has 0 spiro atoms. The van der Waals surface area contributed by atoms with Crippen LogP contribution in [0.25, 0.3) is 0 Å². The van der Waals surface area contributed by atoms with E-state index >= 15 is 0 Å². The molecule has 2 rings (SSSR count). The lowest BCUT2D eigenvalue weighted by Crippen LogP contribution is -2.24. The first-order valence-corrected chi connectivity index (χ1v) is 8.28. The Balaban J connectivity index is 2.12. The van der Waals surface area contributed by atoms with Gasteiger partial charge < -0.3 is 14.8 Å². The zero-order valence-electron chi connectivity index (χ0n) is 13.9. The number of benzene rings is 2. The highest BCUT2D eigenvalue weighted by atomic mass is 35.5. The van der Waals surface area contributed by atoms with Crippen LogP contribution in [0.1, 0.15) is 31.4 Å². The molecule has 0 amide bonds. The first-order valence-electron chi connectivity index (χ1n) is 7.90. The summed E-state index contributed by atoms with van der Waals surface area (Å²) >= 11 is 5.92. The van der Waals surface area contributed by atoms with Crippen LogP contribution in [0.5, 0.6) is 11.5 Å². The van der Waals surface area contributed by atoms with Crippen molar-refractivity contribution in [3.05, 3.63) is 58.6 Å². The van der Waals surface area contributed by atoms with Crippen LogP contribution in [0.2, 0.25) is 5.02 Å². The van der Waals surface area contributed by atoms with Crippen molar-refractivity contribution in [3.63, 3.8) is 0 Å². The summed E-state index contributed by atoms with van der Waals surface area (Å²) in [7, 11) is 1.66. The summed E-state index contributed by atoms with van der Waals surface area (Å²) in [5, 5.41) is 4.22. The van der Waals surface area contributed by atoms with Crippen LogP contribution in [0.4, 0.5) is 0 Å². The van der Waals surface area contributed by atoms with Crippen LogP contribution in [-0.4, -0.2) is 13.2 Å². The summed E-state index contributed by atoms with van der Waals surface area (Å²) in [5.74, 6) is 1.54. The lowest BCUT2D eigenvalue weighted by molar-refractivity contribution is 0.280. The van der Waals surface area contributed by atoms with Crippen molar-refractivity contribution in [2.45, 2.75) is 39.5 Å². The van der Waals surface area contributed by atoms with Gasteiger partial charge in [-0.25, -0.2) is 0 Å². The third-order valence-electron chi connectivity index (χ3n) is 3.83. The minimum atomic E-state index is 0.463. The molecule has 2 aromatic carbocycles. The molecule has 0 aromatic heterocycles. The van der Waals surface area contributed by atoms with E-state index in [1.807, 2.05) is 36.4 Å². The fourth-order valence-electron chi connectivity index (χ4n) is 2.19. The quantitative estimate of drug-likeness (QED) is 0.751. The molecule has 0 aliphatic heterocycles. The molecule has 0 fully saturated rings. The zero-order chi connectivity index (χ0) is 16.7. The number of rotatable bonds is 8. The molecule has 0 aliphatic rings. The van der Waals surface area contributed by atoms with Crippen molar-refractivity contribution in [3.8, 4) is 11.5 Å². The lowest BCUT2D eigenvalue weighted by atomic mass is 10.1. The van der Waals surface area contributed by atoms with Crippen molar-refractivity contribution in [1.29, 1.82) is 0 Å². The maximum atomic E-state index is 6.04. The number of ether oxygens (including phenoxy) is 2. The van der Waals surface area contributed by atoms with Gasteiger partial charge in [0.25, 0.3) is 0 Å². The highest BCUT2D eigenvalue weighted by Gasteiger charge is 2.11. The molecule has 3 nitrogen and oxygen atoms in total. The predicted molar refractivity (Wildman–Crippen MR) is 95.4 cm³/mol. The standard InChI is InChI=1S/C19H24ClNO2/c1-4-14(2)21-12-16-6-5-7-18(22-3)19(16)23-13-15-8-10-17(20)11-9-15/h5-11,14,21H,4,12-13H2,1-3H3/t14-/m0/s1. The maximum Gasteiger partial charge on any atom is 0.166 e. The normalized spacial score (nSPS) is 12.0. The Morgan fingerprint density at radius 1 is 1.13 bits per heavy atom. The van der Waals surface area contributed by atoms with E-state index in [0.717, 1.165) is 40.6 Å². The summed E-state index contributed by atoms with van der Waals surface area (Å²) < 4.78 is 11.5. The highest BCUT2D eigenvalue weighted by molar-refractivity contribution is 6.30. The second-order valence-corrected chi connectivity index (χ2v) is 5.99. The number of methoxy groups -OCH3 is 1. The second-order valence-electron chi connectivity index (χ2n) is 5.55. The first kappa shape index (κ1) is 17.6. The predicted octanol–water partition coefficient (Wildman–Crippen LogP) is 4.82. The summed E-state index contributed by atoms with van der Waals surface area (Å²) in [5.41, 5.74) is 2.17. The molecule has 0 saturated carbocycles. The Morgan fingerprint density at radius 2 is 1.87 bits per heavy atom. The van der Waals surface area contributed by atoms with Crippen molar-refractivity contribution >= 4 is 11.6 Å². The summed E-state index contributed by atoms with van der Waals surface area (Å²) in [6, 6.07) is 14.1. The molecular weight excluding hydrogens is 310 g/mol. The molecular formula is C19H24ClNO2. The average molecular weight is 334 g/mol. The van der Waals surface area contributed by atoms with Gasteiger partial charge >= 0.3 is 0 Å². The van der Waals surface area contributed by atoms with Gasteiger partial charge in [-0.15, -0.1) is 0 Å². The molecule has 0 unspecified atom stereocenters. The summed E-state index contributed by atoms with van der Waals surface area (Å²) in [6.45, 7) is 5.58. The van der Waals surface area contributed by atoms with Crippen LogP contribution in [-0.2, 0) is 13.2 Å². The first-order chi connectivity index (χ1) is 11.1. The van der Waals surface area contributed by atoms with Gasteiger partial charge in [-0.3, -0.25) is 0 Å². The Kier molecular flexibility index (Phi) is 6.75. The van der Waals surface area contributed by atoms with E-state index in [9.17, 15) is 0 Å². The lowest BCUT2D eigenvalue weighted by Gasteiger charge is -2.17. The minimum absolute atomic E-state index is 0.463. The Labute approximate surface area is 143 Å². The number of para-hydroxylation sites is 1. The highest BCUT2D eigenvalue weighted by Crippen LogP contribution is 2.32. The number of hydrogen-bond donors (Lipinski definition) is 1. The summed E-state index contributed by atoms with van der Waals surface area (Å²) in [6.07, 6.45) is 1.09. The topological polar surface area (TPSA) is 30.5 Å². The van der Waals surface area contributed by atoms with Gasteiger partial charge in [0.1, 0.15) is 6.61 Å². The summed E-state index contributed by atoms with van der Waals surface area (Å²) in [4.78, 5) is 0. The van der Waals surface area contributed by atoms with E-state index in [4.69, 9.17) is 21.1 Å². The molecule has 0 bridgehead atoms. The van der Waals surface area contributed by atoms with E-state index in [2.05, 4.69) is 25.2 Å². The van der Waals surface area contributed by atoms with Crippen LogP contribution in [0.3, 0.4) is 0 Å². The Hall–Kier alpha value is -1.71. The van der Waals surface area contributed by atoms with Crippen LogP contribution in [0, 0.1) is 0 Å². The van der Waals surface area contributed by atoms with Crippen molar-refractivity contribution < 1.29 is 9.47 Å². The van der Waals surface area contributed by atoms with E-state index in [-0.39, 0.29) is 0 Å². The monoisotopic (exact) mass is 333 g/mol. The van der Waals surface area contributed by atoms with Crippen LogP contribution < -0.4 is 14.8 Å². The van der Waals surface area contributed by atoms with E-state index in [1.54, 1.807) is 7.11 Å². The van der Waals surface area contributed by atoms with Crippen molar-refractivity contribution in [2.75, 3.05) is 7.11 Å².